The van der Waals surface area contributed by atoms with Crippen LogP contribution in [0.2, 0.25) is 0 Å². The van der Waals surface area contributed by atoms with Crippen LogP contribution in [0.5, 0.6) is 0 Å². The average molecular weight is 557 g/mol. The Balaban J connectivity index is 1.36. The fraction of sp³-hybridized carbons (Fsp3) is 0.429. The maximum absolute atomic E-state index is 4.67. The summed E-state index contributed by atoms with van der Waals surface area (Å²) in [7, 11) is 0. The molecule has 39 heavy (non-hydrogen) atoms. The molecular formula is C35H44N2S2. The highest BCUT2D eigenvalue weighted by Crippen LogP contribution is 2.28. The van der Waals surface area contributed by atoms with E-state index >= 15 is 0 Å². The van der Waals surface area contributed by atoms with Crippen LogP contribution in [0.25, 0.3) is 23.5 Å². The molecule has 0 fully saturated rings. The first-order valence-corrected chi connectivity index (χ1v) is 16.5. The molecule has 0 aromatic carbocycles. The fourth-order valence-corrected chi connectivity index (χ4v) is 7.07. The Morgan fingerprint density at radius 3 is 2.05 bits per heavy atom. The Hall–Kier alpha value is -2.56. The van der Waals surface area contributed by atoms with Gasteiger partial charge in [-0.05, 0) is 104 Å². The van der Waals surface area contributed by atoms with E-state index in [1.807, 2.05) is 35.1 Å². The van der Waals surface area contributed by atoms with E-state index in [0.29, 0.717) is 5.92 Å². The summed E-state index contributed by atoms with van der Waals surface area (Å²) in [6, 6.07) is 17.8. The number of rotatable bonds is 16. The molecule has 4 aromatic rings. The van der Waals surface area contributed by atoms with Gasteiger partial charge in [-0.15, -0.1) is 22.7 Å². The van der Waals surface area contributed by atoms with Crippen molar-refractivity contribution in [3.63, 3.8) is 0 Å². The quantitative estimate of drug-likeness (QED) is 0.128. The van der Waals surface area contributed by atoms with Crippen molar-refractivity contribution in [2.24, 2.45) is 0 Å². The first-order chi connectivity index (χ1) is 19.1. The molecule has 206 valence electrons. The Morgan fingerprint density at radius 2 is 1.31 bits per heavy atom. The van der Waals surface area contributed by atoms with Crippen LogP contribution in [0.4, 0.5) is 0 Å². The summed E-state index contributed by atoms with van der Waals surface area (Å²) in [4.78, 5) is 15.1. The second-order valence-corrected chi connectivity index (χ2v) is 13.1. The zero-order valence-electron chi connectivity index (χ0n) is 24.0. The van der Waals surface area contributed by atoms with Crippen LogP contribution in [0.1, 0.15) is 109 Å². The maximum atomic E-state index is 4.67. The first kappa shape index (κ1) is 29.4. The predicted octanol–water partition coefficient (Wildman–Crippen LogP) is 11.0. The molecule has 0 N–H and O–H groups in total. The van der Waals surface area contributed by atoms with Crippen molar-refractivity contribution in [2.75, 3.05) is 0 Å². The highest BCUT2D eigenvalue weighted by atomic mass is 32.1. The molecule has 2 nitrogen and oxygen atoms in total. The van der Waals surface area contributed by atoms with E-state index in [1.165, 1.54) is 89.3 Å². The van der Waals surface area contributed by atoms with E-state index in [-0.39, 0.29) is 0 Å². The van der Waals surface area contributed by atoms with Crippen LogP contribution in [-0.4, -0.2) is 9.97 Å². The SMILES string of the molecule is CCCCCCc1ccc(/C=C/c2ccnc(-c3cc(C(C)Cc4ccc(CCCCCC)s4)ccn3)c2)s1. The van der Waals surface area contributed by atoms with Gasteiger partial charge in [-0.1, -0.05) is 65.4 Å². The molecule has 4 aromatic heterocycles. The molecular weight excluding hydrogens is 513 g/mol. The summed E-state index contributed by atoms with van der Waals surface area (Å²) in [5, 5.41) is 0. The molecule has 0 amide bonds. The molecule has 0 aliphatic rings. The van der Waals surface area contributed by atoms with Crippen LogP contribution in [0, 0.1) is 0 Å². The van der Waals surface area contributed by atoms with Gasteiger partial charge in [0.05, 0.1) is 11.4 Å². The number of aromatic nitrogens is 2. The number of unbranched alkanes of at least 4 members (excludes halogenated alkanes) is 6. The molecule has 0 saturated carbocycles. The molecule has 0 aliphatic heterocycles. The largest absolute Gasteiger partial charge is 0.255 e. The van der Waals surface area contributed by atoms with Crippen molar-refractivity contribution in [3.8, 4) is 11.4 Å². The maximum Gasteiger partial charge on any atom is 0.0892 e. The molecule has 0 saturated heterocycles. The predicted molar refractivity (Wildman–Crippen MR) is 173 cm³/mol. The molecule has 0 radical (unpaired) electrons. The number of pyridine rings is 2. The lowest BCUT2D eigenvalue weighted by Crippen LogP contribution is -1.99. The molecule has 1 atom stereocenters. The zero-order valence-corrected chi connectivity index (χ0v) is 25.6. The molecule has 4 heteroatoms. The lowest BCUT2D eigenvalue weighted by molar-refractivity contribution is 0.670. The van der Waals surface area contributed by atoms with Crippen molar-refractivity contribution in [3.05, 3.63) is 91.6 Å². The molecule has 0 aliphatic carbocycles. The second-order valence-electron chi connectivity index (χ2n) is 10.7. The standard InChI is InChI=1S/C35H44N2S2/c1-4-6-8-10-12-30-16-17-32(38-30)15-14-28-20-22-36-34(25-28)35-26-29(21-23-37-35)27(3)24-33-19-18-31(39-33)13-11-9-7-5-2/h14-23,25-27H,4-13,24H2,1-3H3/b15-14+. The summed E-state index contributed by atoms with van der Waals surface area (Å²) in [5.41, 5.74) is 4.36. The van der Waals surface area contributed by atoms with Gasteiger partial charge in [0.15, 0.2) is 0 Å². The van der Waals surface area contributed by atoms with E-state index in [2.05, 4.69) is 91.4 Å². The first-order valence-electron chi connectivity index (χ1n) is 14.9. The summed E-state index contributed by atoms with van der Waals surface area (Å²) in [5.74, 6) is 0.441. The minimum atomic E-state index is 0.441. The van der Waals surface area contributed by atoms with E-state index in [0.717, 1.165) is 23.4 Å². The van der Waals surface area contributed by atoms with Crippen molar-refractivity contribution < 1.29 is 0 Å². The van der Waals surface area contributed by atoms with Crippen LogP contribution in [0.15, 0.2) is 60.9 Å². The van der Waals surface area contributed by atoms with Crippen molar-refractivity contribution in [2.45, 2.75) is 97.3 Å². The number of hydrogen-bond donors (Lipinski definition) is 0. The summed E-state index contributed by atoms with van der Waals surface area (Å²) in [6.45, 7) is 6.87. The molecule has 4 heterocycles. The van der Waals surface area contributed by atoms with Crippen LogP contribution in [-0.2, 0) is 19.3 Å². The van der Waals surface area contributed by atoms with Crippen molar-refractivity contribution in [1.29, 1.82) is 0 Å². The molecule has 0 bridgehead atoms. The molecule has 4 rings (SSSR count). The second kappa shape index (κ2) is 15.9. The lowest BCUT2D eigenvalue weighted by Gasteiger charge is -2.12. The zero-order chi connectivity index (χ0) is 27.3. The fourth-order valence-electron chi connectivity index (χ4n) is 4.92. The van der Waals surface area contributed by atoms with E-state index < -0.39 is 0 Å². The van der Waals surface area contributed by atoms with Gasteiger partial charge in [0.1, 0.15) is 0 Å². The average Bonchev–Trinajstić information content (AvgIpc) is 3.62. The van der Waals surface area contributed by atoms with Crippen LogP contribution in [0.3, 0.4) is 0 Å². The van der Waals surface area contributed by atoms with Gasteiger partial charge in [0.25, 0.3) is 0 Å². The van der Waals surface area contributed by atoms with E-state index in [1.54, 1.807) is 0 Å². The van der Waals surface area contributed by atoms with Gasteiger partial charge < -0.3 is 0 Å². The normalized spacial score (nSPS) is 12.4. The van der Waals surface area contributed by atoms with Gasteiger partial charge in [0, 0.05) is 31.9 Å². The van der Waals surface area contributed by atoms with Crippen molar-refractivity contribution in [1.82, 2.24) is 9.97 Å². The third-order valence-electron chi connectivity index (χ3n) is 7.30. The number of nitrogens with zero attached hydrogens (tertiary/aromatic N) is 2. The van der Waals surface area contributed by atoms with Crippen LogP contribution < -0.4 is 0 Å². The number of aryl methyl sites for hydroxylation is 2. The number of hydrogen-bond acceptors (Lipinski definition) is 4. The summed E-state index contributed by atoms with van der Waals surface area (Å²) < 4.78 is 0. The number of thiophene rings is 2. The highest BCUT2D eigenvalue weighted by Gasteiger charge is 2.11. The third kappa shape index (κ3) is 9.54. The van der Waals surface area contributed by atoms with Gasteiger partial charge in [0.2, 0.25) is 0 Å². The molecule has 1 unspecified atom stereocenters. The molecule has 0 spiro atoms. The monoisotopic (exact) mass is 556 g/mol. The third-order valence-corrected chi connectivity index (χ3v) is 9.58. The minimum absolute atomic E-state index is 0.441. The smallest absolute Gasteiger partial charge is 0.0892 e. The van der Waals surface area contributed by atoms with Gasteiger partial charge in [-0.3, -0.25) is 9.97 Å². The minimum Gasteiger partial charge on any atom is -0.255 e. The van der Waals surface area contributed by atoms with Crippen molar-refractivity contribution >= 4 is 34.8 Å². The Morgan fingerprint density at radius 1 is 0.667 bits per heavy atom. The van der Waals surface area contributed by atoms with Gasteiger partial charge >= 0.3 is 0 Å². The van der Waals surface area contributed by atoms with Gasteiger partial charge in [-0.2, -0.15) is 0 Å². The van der Waals surface area contributed by atoms with Gasteiger partial charge in [-0.25, -0.2) is 0 Å². The Labute approximate surface area is 244 Å². The van der Waals surface area contributed by atoms with Crippen LogP contribution >= 0.6 is 22.7 Å². The topological polar surface area (TPSA) is 25.8 Å². The lowest BCUT2D eigenvalue weighted by atomic mass is 9.97. The van der Waals surface area contributed by atoms with E-state index in [4.69, 9.17) is 0 Å². The Bertz CT molecular complexity index is 1300. The summed E-state index contributed by atoms with van der Waals surface area (Å²) >= 11 is 3.90. The Kier molecular flexibility index (Phi) is 12.0. The highest BCUT2D eigenvalue weighted by molar-refractivity contribution is 7.13. The summed E-state index contributed by atoms with van der Waals surface area (Å²) in [6.07, 6.45) is 22.3. The van der Waals surface area contributed by atoms with E-state index in [9.17, 15) is 0 Å².